The minimum absolute atomic E-state index is 0.248. The highest BCUT2D eigenvalue weighted by Crippen LogP contribution is 2.33. The molecule has 1 aliphatic rings. The molecule has 0 bridgehead atoms. The quantitative estimate of drug-likeness (QED) is 0.859. The van der Waals surface area contributed by atoms with Crippen molar-refractivity contribution in [2.45, 2.75) is 37.5 Å². The van der Waals surface area contributed by atoms with E-state index in [0.29, 0.717) is 11.8 Å². The summed E-state index contributed by atoms with van der Waals surface area (Å²) in [6.07, 6.45) is 4.81. The van der Waals surface area contributed by atoms with E-state index >= 15 is 0 Å². The maximum atomic E-state index is 11.3. The van der Waals surface area contributed by atoms with Crippen molar-refractivity contribution in [2.24, 2.45) is 0 Å². The Kier molecular flexibility index (Phi) is 4.40. The smallest absolute Gasteiger partial charge is 0.115 e. The van der Waals surface area contributed by atoms with Crippen LogP contribution in [0, 0.1) is 0 Å². The summed E-state index contributed by atoms with van der Waals surface area (Å²) >= 11 is 0. The maximum absolute atomic E-state index is 11.3. The number of phenols is 1. The molecule has 0 saturated carbocycles. The van der Waals surface area contributed by atoms with Gasteiger partial charge in [0.1, 0.15) is 5.75 Å². The van der Waals surface area contributed by atoms with Crippen LogP contribution in [0.1, 0.15) is 36.9 Å². The molecule has 100 valence electrons. The van der Waals surface area contributed by atoms with Crippen molar-refractivity contribution >= 4 is 10.8 Å². The van der Waals surface area contributed by atoms with E-state index < -0.39 is 10.8 Å². The fraction of sp³-hybridized carbons (Fsp3) is 0.571. The molecule has 1 aromatic rings. The van der Waals surface area contributed by atoms with Crippen LogP contribution in [0.3, 0.4) is 0 Å². The summed E-state index contributed by atoms with van der Waals surface area (Å²) in [5.41, 5.74) is 2.55. The molecule has 0 saturated heterocycles. The number of aryl methyl sites for hydroxylation is 1. The lowest BCUT2D eigenvalue weighted by Crippen LogP contribution is -2.24. The molecule has 2 N–H and O–H groups in total. The van der Waals surface area contributed by atoms with Gasteiger partial charge < -0.3 is 10.4 Å². The Hall–Kier alpha value is -0.870. The number of hydrogen-bond donors (Lipinski definition) is 2. The molecule has 0 amide bonds. The van der Waals surface area contributed by atoms with Gasteiger partial charge in [-0.25, -0.2) is 0 Å². The molecule has 18 heavy (non-hydrogen) atoms. The van der Waals surface area contributed by atoms with E-state index in [-0.39, 0.29) is 5.25 Å². The summed E-state index contributed by atoms with van der Waals surface area (Å²) in [4.78, 5) is 0. The summed E-state index contributed by atoms with van der Waals surface area (Å²) in [7, 11) is -0.735. The second-order valence-electron chi connectivity index (χ2n) is 5.03. The van der Waals surface area contributed by atoms with Crippen molar-refractivity contribution < 1.29 is 9.32 Å². The van der Waals surface area contributed by atoms with E-state index in [4.69, 9.17) is 0 Å². The van der Waals surface area contributed by atoms with Gasteiger partial charge in [-0.2, -0.15) is 0 Å². The average Bonchev–Trinajstić information content (AvgIpc) is 2.71. The van der Waals surface area contributed by atoms with Crippen LogP contribution in [0.4, 0.5) is 0 Å². The van der Waals surface area contributed by atoms with Crippen LogP contribution < -0.4 is 5.32 Å². The number of fused-ring (bicyclic) bond motifs is 1. The number of phenolic OH excluding ortho intramolecular Hbond substituents is 1. The molecule has 3 unspecified atom stereocenters. The summed E-state index contributed by atoms with van der Waals surface area (Å²) in [6.45, 7) is 2.92. The second kappa shape index (κ2) is 5.85. The van der Waals surface area contributed by atoms with E-state index in [2.05, 4.69) is 5.32 Å². The molecule has 3 atom stereocenters. The maximum Gasteiger partial charge on any atom is 0.115 e. The van der Waals surface area contributed by atoms with Crippen LogP contribution in [0.5, 0.6) is 5.75 Å². The predicted octanol–water partition coefficient (Wildman–Crippen LogP) is 2.13. The molecule has 1 aromatic carbocycles. The lowest BCUT2D eigenvalue weighted by atomic mass is 10.1. The number of aromatic hydroxyl groups is 1. The zero-order valence-electron chi connectivity index (χ0n) is 11.0. The highest BCUT2D eigenvalue weighted by atomic mass is 32.2. The standard InChI is InChI=1S/C14H21NO2S/c1-10(18(2)17)7-8-15-14-6-3-11-9-12(16)4-5-13(11)14/h4-5,9-10,14-16H,3,6-8H2,1-2H3. The first-order valence-corrected chi connectivity index (χ1v) is 8.07. The minimum atomic E-state index is -0.735. The van der Waals surface area contributed by atoms with Gasteiger partial charge in [0.05, 0.1) is 0 Å². The SMILES string of the molecule is CC(CCNC1CCc2cc(O)ccc21)S(C)=O. The Morgan fingerprint density at radius 1 is 1.56 bits per heavy atom. The van der Waals surface area contributed by atoms with E-state index in [9.17, 15) is 9.32 Å². The molecule has 0 aromatic heterocycles. The van der Waals surface area contributed by atoms with Crippen LogP contribution in [-0.4, -0.2) is 27.4 Å². The molecule has 0 heterocycles. The van der Waals surface area contributed by atoms with Gasteiger partial charge in [-0.15, -0.1) is 0 Å². The third kappa shape index (κ3) is 3.12. The second-order valence-corrected chi connectivity index (χ2v) is 6.83. The van der Waals surface area contributed by atoms with Gasteiger partial charge in [0.15, 0.2) is 0 Å². The van der Waals surface area contributed by atoms with E-state index in [1.807, 2.05) is 19.1 Å². The van der Waals surface area contributed by atoms with Crippen molar-refractivity contribution in [2.75, 3.05) is 12.8 Å². The fourth-order valence-corrected chi connectivity index (χ4v) is 2.89. The van der Waals surface area contributed by atoms with Crippen LogP contribution in [0.2, 0.25) is 0 Å². The topological polar surface area (TPSA) is 49.3 Å². The number of nitrogens with one attached hydrogen (secondary N) is 1. The average molecular weight is 267 g/mol. The van der Waals surface area contributed by atoms with Gasteiger partial charge in [0.25, 0.3) is 0 Å². The Labute approximate surface area is 111 Å². The third-order valence-electron chi connectivity index (χ3n) is 3.71. The van der Waals surface area contributed by atoms with Crippen molar-refractivity contribution in [3.63, 3.8) is 0 Å². The molecule has 0 aliphatic heterocycles. The van der Waals surface area contributed by atoms with Crippen molar-refractivity contribution in [1.29, 1.82) is 0 Å². The zero-order valence-corrected chi connectivity index (χ0v) is 11.8. The summed E-state index contributed by atoms with van der Waals surface area (Å²) in [6, 6.07) is 6.01. The summed E-state index contributed by atoms with van der Waals surface area (Å²) in [5, 5.41) is 13.2. The lowest BCUT2D eigenvalue weighted by Gasteiger charge is -2.15. The number of hydrogen-bond acceptors (Lipinski definition) is 3. The predicted molar refractivity (Wildman–Crippen MR) is 75.3 cm³/mol. The van der Waals surface area contributed by atoms with Crippen LogP contribution in [-0.2, 0) is 17.2 Å². The molecule has 0 fully saturated rings. The lowest BCUT2D eigenvalue weighted by molar-refractivity contribution is 0.474. The zero-order chi connectivity index (χ0) is 13.1. The Balaban J connectivity index is 1.88. The first-order valence-electron chi connectivity index (χ1n) is 6.45. The highest BCUT2D eigenvalue weighted by molar-refractivity contribution is 7.84. The van der Waals surface area contributed by atoms with Gasteiger partial charge in [0.2, 0.25) is 0 Å². The van der Waals surface area contributed by atoms with Crippen LogP contribution >= 0.6 is 0 Å². The molecule has 0 radical (unpaired) electrons. The molecular formula is C14H21NO2S. The first-order chi connectivity index (χ1) is 8.58. The number of benzene rings is 1. The van der Waals surface area contributed by atoms with Crippen molar-refractivity contribution in [3.8, 4) is 5.75 Å². The van der Waals surface area contributed by atoms with E-state index in [0.717, 1.165) is 25.8 Å². The molecule has 4 heteroatoms. The van der Waals surface area contributed by atoms with Gasteiger partial charge in [-0.3, -0.25) is 4.21 Å². The number of rotatable bonds is 5. The normalized spacial score (nSPS) is 21.6. The van der Waals surface area contributed by atoms with Gasteiger partial charge in [-0.05, 0) is 49.1 Å². The van der Waals surface area contributed by atoms with Crippen molar-refractivity contribution in [1.82, 2.24) is 5.32 Å². The van der Waals surface area contributed by atoms with E-state index in [1.165, 1.54) is 11.1 Å². The van der Waals surface area contributed by atoms with E-state index in [1.54, 1.807) is 12.3 Å². The largest absolute Gasteiger partial charge is 0.508 e. The molecule has 2 rings (SSSR count). The molecule has 3 nitrogen and oxygen atoms in total. The molecule has 0 spiro atoms. The Bertz CT molecular complexity index is 447. The first kappa shape index (κ1) is 13.6. The highest BCUT2D eigenvalue weighted by Gasteiger charge is 2.22. The molecular weight excluding hydrogens is 246 g/mol. The minimum Gasteiger partial charge on any atom is -0.508 e. The van der Waals surface area contributed by atoms with Crippen molar-refractivity contribution in [3.05, 3.63) is 29.3 Å². The van der Waals surface area contributed by atoms with Crippen LogP contribution in [0.15, 0.2) is 18.2 Å². The van der Waals surface area contributed by atoms with Gasteiger partial charge in [0, 0.05) is 28.3 Å². The monoisotopic (exact) mass is 267 g/mol. The Morgan fingerprint density at radius 2 is 2.33 bits per heavy atom. The third-order valence-corrected chi connectivity index (χ3v) is 5.08. The summed E-state index contributed by atoms with van der Waals surface area (Å²) < 4.78 is 11.3. The van der Waals surface area contributed by atoms with Gasteiger partial charge in [-0.1, -0.05) is 13.0 Å². The molecule has 1 aliphatic carbocycles. The summed E-state index contributed by atoms with van der Waals surface area (Å²) in [5.74, 6) is 0.351. The Morgan fingerprint density at radius 3 is 3.06 bits per heavy atom. The fourth-order valence-electron chi connectivity index (χ4n) is 2.44. The van der Waals surface area contributed by atoms with Crippen LogP contribution in [0.25, 0.3) is 0 Å². The van der Waals surface area contributed by atoms with Gasteiger partial charge >= 0.3 is 0 Å².